The highest BCUT2D eigenvalue weighted by Gasteiger charge is 2.28. The van der Waals surface area contributed by atoms with E-state index in [-0.39, 0.29) is 23.1 Å². The van der Waals surface area contributed by atoms with Gasteiger partial charge < -0.3 is 23.6 Å². The van der Waals surface area contributed by atoms with Gasteiger partial charge in [0, 0.05) is 49.3 Å². The molecule has 0 unspecified atom stereocenters. The zero-order valence-corrected chi connectivity index (χ0v) is 20.2. The Labute approximate surface area is 203 Å². The Morgan fingerprint density at radius 2 is 1.71 bits per heavy atom. The Kier molecular flexibility index (Phi) is 6.73. The highest BCUT2D eigenvalue weighted by atomic mass is 16.5. The van der Waals surface area contributed by atoms with E-state index in [1.165, 1.54) is 0 Å². The van der Waals surface area contributed by atoms with Gasteiger partial charge in [0.1, 0.15) is 17.4 Å². The SMILES string of the molecule is COc1ccc(-n2c(C)cc(/C=C(\C#N)C(=O)N3CCN(C(=O)c4cc(C)no4)CC3)c2C)cc1. The summed E-state index contributed by atoms with van der Waals surface area (Å²) in [5.41, 5.74) is 4.37. The molecule has 0 atom stereocenters. The van der Waals surface area contributed by atoms with Gasteiger partial charge in [-0.05, 0) is 62.7 Å². The second-order valence-electron chi connectivity index (χ2n) is 8.45. The first-order chi connectivity index (χ1) is 16.8. The number of nitriles is 1. The lowest BCUT2D eigenvalue weighted by Crippen LogP contribution is -2.50. The van der Waals surface area contributed by atoms with Crippen LogP contribution in [0.25, 0.3) is 11.8 Å². The van der Waals surface area contributed by atoms with E-state index in [2.05, 4.69) is 15.8 Å². The maximum Gasteiger partial charge on any atom is 0.292 e. The number of methoxy groups -OCH3 is 1. The number of nitrogens with zero attached hydrogens (tertiary/aromatic N) is 5. The number of carbonyl (C=O) groups is 2. The number of hydrogen-bond acceptors (Lipinski definition) is 6. The molecule has 1 aliphatic heterocycles. The first-order valence-electron chi connectivity index (χ1n) is 11.3. The highest BCUT2D eigenvalue weighted by Crippen LogP contribution is 2.25. The Morgan fingerprint density at radius 3 is 2.29 bits per heavy atom. The molecule has 0 bridgehead atoms. The van der Waals surface area contributed by atoms with Crippen LogP contribution in [0.4, 0.5) is 0 Å². The fourth-order valence-corrected chi connectivity index (χ4v) is 4.26. The summed E-state index contributed by atoms with van der Waals surface area (Å²) in [7, 11) is 1.62. The van der Waals surface area contributed by atoms with Gasteiger partial charge in [-0.25, -0.2) is 0 Å². The molecule has 180 valence electrons. The van der Waals surface area contributed by atoms with E-state index in [4.69, 9.17) is 9.26 Å². The molecule has 35 heavy (non-hydrogen) atoms. The molecule has 2 amide bonds. The molecule has 1 saturated heterocycles. The zero-order chi connectivity index (χ0) is 25.1. The lowest BCUT2D eigenvalue weighted by atomic mass is 10.1. The molecular formula is C26H27N5O4. The molecule has 0 spiro atoms. The molecule has 9 heteroatoms. The predicted molar refractivity (Wildman–Crippen MR) is 129 cm³/mol. The van der Waals surface area contributed by atoms with Crippen LogP contribution in [-0.4, -0.2) is 64.6 Å². The van der Waals surface area contributed by atoms with Crippen LogP contribution in [0.2, 0.25) is 0 Å². The Bertz CT molecular complexity index is 1320. The summed E-state index contributed by atoms with van der Waals surface area (Å²) in [4.78, 5) is 28.9. The van der Waals surface area contributed by atoms with Gasteiger partial charge >= 0.3 is 0 Å². The maximum absolute atomic E-state index is 13.1. The van der Waals surface area contributed by atoms with Crippen molar-refractivity contribution in [2.45, 2.75) is 20.8 Å². The number of piperazine rings is 1. The van der Waals surface area contributed by atoms with Crippen molar-refractivity contribution >= 4 is 17.9 Å². The summed E-state index contributed by atoms with van der Waals surface area (Å²) in [6, 6.07) is 13.3. The molecule has 0 aliphatic carbocycles. The fourth-order valence-electron chi connectivity index (χ4n) is 4.26. The van der Waals surface area contributed by atoms with Crippen molar-refractivity contribution in [3.63, 3.8) is 0 Å². The van der Waals surface area contributed by atoms with Crippen LogP contribution in [0.3, 0.4) is 0 Å². The number of amides is 2. The molecule has 0 N–H and O–H groups in total. The summed E-state index contributed by atoms with van der Waals surface area (Å²) >= 11 is 0. The van der Waals surface area contributed by atoms with E-state index in [0.717, 1.165) is 28.4 Å². The first kappa shape index (κ1) is 23.8. The molecular weight excluding hydrogens is 446 g/mol. The van der Waals surface area contributed by atoms with Crippen LogP contribution in [-0.2, 0) is 4.79 Å². The minimum absolute atomic E-state index is 0.0608. The zero-order valence-electron chi connectivity index (χ0n) is 20.2. The summed E-state index contributed by atoms with van der Waals surface area (Å²) in [5.74, 6) is 0.364. The highest BCUT2D eigenvalue weighted by molar-refractivity contribution is 6.02. The van der Waals surface area contributed by atoms with E-state index >= 15 is 0 Å². The normalized spacial score (nSPS) is 14.1. The molecule has 0 radical (unpaired) electrons. The van der Waals surface area contributed by atoms with Crippen LogP contribution < -0.4 is 4.74 Å². The van der Waals surface area contributed by atoms with Crippen molar-refractivity contribution in [2.75, 3.05) is 33.3 Å². The van der Waals surface area contributed by atoms with E-state index < -0.39 is 0 Å². The van der Waals surface area contributed by atoms with Gasteiger partial charge in [-0.2, -0.15) is 5.26 Å². The third-order valence-corrected chi connectivity index (χ3v) is 6.14. The quantitative estimate of drug-likeness (QED) is 0.416. The Balaban J connectivity index is 1.49. The van der Waals surface area contributed by atoms with Crippen molar-refractivity contribution in [1.29, 1.82) is 5.26 Å². The van der Waals surface area contributed by atoms with E-state index in [9.17, 15) is 14.9 Å². The van der Waals surface area contributed by atoms with E-state index in [1.54, 1.807) is 36.0 Å². The molecule has 3 heterocycles. The van der Waals surface area contributed by atoms with Gasteiger partial charge in [0.25, 0.3) is 11.8 Å². The van der Waals surface area contributed by atoms with Gasteiger partial charge in [0.2, 0.25) is 5.76 Å². The molecule has 2 aromatic heterocycles. The molecule has 0 saturated carbocycles. The second-order valence-corrected chi connectivity index (χ2v) is 8.45. The number of aryl methyl sites for hydroxylation is 2. The molecule has 9 nitrogen and oxygen atoms in total. The van der Waals surface area contributed by atoms with Gasteiger partial charge in [-0.15, -0.1) is 0 Å². The van der Waals surface area contributed by atoms with Crippen molar-refractivity contribution in [3.05, 3.63) is 70.4 Å². The lowest BCUT2D eigenvalue weighted by Gasteiger charge is -2.34. The van der Waals surface area contributed by atoms with Crippen LogP contribution >= 0.6 is 0 Å². The average Bonchev–Trinajstić information content (AvgIpc) is 3.43. The number of carbonyl (C=O) groups excluding carboxylic acids is 2. The van der Waals surface area contributed by atoms with Crippen molar-refractivity contribution in [2.24, 2.45) is 0 Å². The monoisotopic (exact) mass is 473 g/mol. The molecule has 1 aliphatic rings. The first-order valence-corrected chi connectivity index (χ1v) is 11.3. The Morgan fingerprint density at radius 1 is 1.06 bits per heavy atom. The van der Waals surface area contributed by atoms with Crippen LogP contribution in [0.5, 0.6) is 5.75 Å². The number of benzene rings is 1. The average molecular weight is 474 g/mol. The molecule has 1 fully saturated rings. The Hall–Kier alpha value is -4.32. The fraction of sp³-hybridized carbons (Fsp3) is 0.308. The third-order valence-electron chi connectivity index (χ3n) is 6.14. The predicted octanol–water partition coefficient (Wildman–Crippen LogP) is 3.29. The van der Waals surface area contributed by atoms with Crippen molar-refractivity contribution in [3.8, 4) is 17.5 Å². The summed E-state index contributed by atoms with van der Waals surface area (Å²) < 4.78 is 12.4. The molecule has 3 aromatic rings. The van der Waals surface area contributed by atoms with Crippen molar-refractivity contribution < 1.29 is 18.8 Å². The number of ether oxygens (including phenoxy) is 1. The van der Waals surface area contributed by atoms with Gasteiger partial charge in [-0.3, -0.25) is 9.59 Å². The molecule has 4 rings (SSSR count). The van der Waals surface area contributed by atoms with Gasteiger partial charge in [0.05, 0.1) is 12.8 Å². The maximum atomic E-state index is 13.1. The summed E-state index contributed by atoms with van der Waals surface area (Å²) in [5, 5.41) is 13.5. The van der Waals surface area contributed by atoms with Crippen LogP contribution in [0.1, 0.15) is 33.2 Å². The number of hydrogen-bond donors (Lipinski definition) is 0. The van der Waals surface area contributed by atoms with Crippen LogP contribution in [0, 0.1) is 32.1 Å². The minimum Gasteiger partial charge on any atom is -0.497 e. The standard InChI is InChI=1S/C26H27N5O4/c1-17-13-24(35-28-17)26(33)30-11-9-29(10-12-30)25(32)21(16-27)15-20-14-18(2)31(19(20)3)22-5-7-23(34-4)8-6-22/h5-8,13-15H,9-12H2,1-4H3/b21-15+. The van der Waals surface area contributed by atoms with Crippen LogP contribution in [0.15, 0.2) is 46.5 Å². The second kappa shape index (κ2) is 9.89. The lowest BCUT2D eigenvalue weighted by molar-refractivity contribution is -0.128. The number of rotatable bonds is 5. The van der Waals surface area contributed by atoms with E-state index in [0.29, 0.717) is 31.9 Å². The third kappa shape index (κ3) is 4.82. The largest absolute Gasteiger partial charge is 0.497 e. The van der Waals surface area contributed by atoms with E-state index in [1.807, 2.05) is 44.2 Å². The topological polar surface area (TPSA) is 105 Å². The molecule has 1 aromatic carbocycles. The summed E-state index contributed by atoms with van der Waals surface area (Å²) in [6.07, 6.45) is 1.64. The van der Waals surface area contributed by atoms with Crippen molar-refractivity contribution in [1.82, 2.24) is 19.5 Å². The van der Waals surface area contributed by atoms with Gasteiger partial charge in [-0.1, -0.05) is 5.16 Å². The smallest absolute Gasteiger partial charge is 0.292 e. The summed E-state index contributed by atoms with van der Waals surface area (Å²) in [6.45, 7) is 7.07. The minimum atomic E-state index is -0.343. The van der Waals surface area contributed by atoms with Gasteiger partial charge in [0.15, 0.2) is 0 Å². The number of aromatic nitrogens is 2.